The Morgan fingerprint density at radius 1 is 1.10 bits per heavy atom. The number of nitrogens with one attached hydrogen (secondary N) is 1. The van der Waals surface area contributed by atoms with Crippen LogP contribution in [-0.4, -0.2) is 33.9 Å². The summed E-state index contributed by atoms with van der Waals surface area (Å²) >= 11 is 0. The molecule has 2 aromatic carbocycles. The normalized spacial score (nSPS) is 23.3. The fourth-order valence-corrected chi connectivity index (χ4v) is 4.01. The van der Waals surface area contributed by atoms with E-state index in [0.717, 1.165) is 10.2 Å². The Balaban J connectivity index is 1.67. The molecule has 2 heterocycles. The molecule has 4 rings (SSSR count). The Morgan fingerprint density at radius 2 is 1.77 bits per heavy atom. The lowest BCUT2D eigenvalue weighted by atomic mass is 9.81. The average molecular weight is 416 g/mol. The van der Waals surface area contributed by atoms with Gasteiger partial charge in [-0.3, -0.25) is 5.32 Å². The second-order valence-electron chi connectivity index (χ2n) is 7.19. The number of alkyl halides is 3. The topological polar surface area (TPSA) is 64.9 Å². The molecule has 1 radical (unpaired) electrons. The Kier molecular flexibility index (Phi) is 5.57. The van der Waals surface area contributed by atoms with Gasteiger partial charge in [-0.2, -0.15) is 13.2 Å². The molecule has 1 aromatic heterocycles. The van der Waals surface area contributed by atoms with Gasteiger partial charge in [-0.1, -0.05) is 60.7 Å². The lowest BCUT2D eigenvalue weighted by Crippen LogP contribution is -2.52. The summed E-state index contributed by atoms with van der Waals surface area (Å²) in [5.41, 5.74) is 0.840. The van der Waals surface area contributed by atoms with E-state index in [0.29, 0.717) is 18.5 Å². The average Bonchev–Trinajstić information content (AvgIpc) is 3.26. The predicted octanol–water partition coefficient (Wildman–Crippen LogP) is 3.59. The highest BCUT2D eigenvalue weighted by atomic mass is 19.4. The minimum absolute atomic E-state index is 0.219. The number of rotatable bonds is 5. The van der Waals surface area contributed by atoms with Gasteiger partial charge in [0.1, 0.15) is 5.72 Å². The molecule has 3 atom stereocenters. The number of aromatic nitrogens is 4. The highest BCUT2D eigenvalue weighted by molar-refractivity contribution is 5.28. The molecule has 1 aliphatic heterocycles. The molecule has 0 spiro atoms. The van der Waals surface area contributed by atoms with Crippen LogP contribution < -0.4 is 5.32 Å². The van der Waals surface area contributed by atoms with Gasteiger partial charge in [0.15, 0.2) is 0 Å². The lowest BCUT2D eigenvalue weighted by Gasteiger charge is -2.42. The molecule has 3 aromatic rings. The third-order valence-corrected chi connectivity index (χ3v) is 5.46. The fourth-order valence-electron chi connectivity index (χ4n) is 4.01. The minimum Gasteiger partial charge on any atom is -0.359 e. The number of hydrogen-bond donors (Lipinski definition) is 1. The van der Waals surface area contributed by atoms with Crippen molar-refractivity contribution in [3.05, 3.63) is 84.0 Å². The summed E-state index contributed by atoms with van der Waals surface area (Å²) in [6.45, 7) is 0.413. The number of nitrogens with zero attached hydrogens (tertiary/aromatic N) is 4. The van der Waals surface area contributed by atoms with Crippen LogP contribution in [0, 0.1) is 12.3 Å². The molecule has 0 aliphatic carbocycles. The molecule has 9 heteroatoms. The quantitative estimate of drug-likeness (QED) is 0.689. The Labute approximate surface area is 172 Å². The molecular formula is C21H21F3N5O. The summed E-state index contributed by atoms with van der Waals surface area (Å²) in [6.07, 6.45) is -2.18. The van der Waals surface area contributed by atoms with Gasteiger partial charge < -0.3 is 4.74 Å². The number of benzene rings is 2. The highest BCUT2D eigenvalue weighted by Gasteiger charge is 2.44. The van der Waals surface area contributed by atoms with E-state index in [2.05, 4.69) is 20.8 Å². The van der Waals surface area contributed by atoms with Crippen LogP contribution >= 0.6 is 0 Å². The summed E-state index contributed by atoms with van der Waals surface area (Å²) in [5.74, 6) is -1.33. The molecule has 0 bridgehead atoms. The van der Waals surface area contributed by atoms with Gasteiger partial charge in [0.05, 0.1) is 6.04 Å². The van der Waals surface area contributed by atoms with E-state index >= 15 is 0 Å². The third kappa shape index (κ3) is 3.82. The van der Waals surface area contributed by atoms with Crippen molar-refractivity contribution >= 4 is 0 Å². The van der Waals surface area contributed by atoms with E-state index in [4.69, 9.17) is 4.74 Å². The Morgan fingerprint density at radius 3 is 2.33 bits per heavy atom. The third-order valence-electron chi connectivity index (χ3n) is 5.46. The zero-order valence-corrected chi connectivity index (χ0v) is 16.3. The summed E-state index contributed by atoms with van der Waals surface area (Å²) in [6, 6.07) is 18.0. The van der Waals surface area contributed by atoms with Crippen LogP contribution in [0.5, 0.6) is 0 Å². The first kappa shape index (κ1) is 20.5. The van der Waals surface area contributed by atoms with Gasteiger partial charge in [0.25, 0.3) is 5.82 Å². The number of piperidine rings is 1. The van der Waals surface area contributed by atoms with Gasteiger partial charge in [-0.05, 0) is 33.9 Å². The molecule has 1 fully saturated rings. The SMILES string of the molecule is CO[C@]1(c2ccccc2)[CH]CC(C(c2ccccc2)n2nnnc2C(F)(F)F)CN1. The molecule has 1 saturated heterocycles. The molecule has 0 saturated carbocycles. The van der Waals surface area contributed by atoms with Crippen molar-refractivity contribution < 1.29 is 17.9 Å². The van der Waals surface area contributed by atoms with Gasteiger partial charge in [-0.15, -0.1) is 5.10 Å². The molecule has 30 heavy (non-hydrogen) atoms. The molecule has 0 amide bonds. The smallest absolute Gasteiger partial charge is 0.359 e. The highest BCUT2D eigenvalue weighted by Crippen LogP contribution is 2.40. The molecule has 157 valence electrons. The van der Waals surface area contributed by atoms with Crippen molar-refractivity contribution in [2.45, 2.75) is 24.4 Å². The van der Waals surface area contributed by atoms with Crippen molar-refractivity contribution in [3.63, 3.8) is 0 Å². The Bertz CT molecular complexity index is 954. The second-order valence-corrected chi connectivity index (χ2v) is 7.19. The minimum atomic E-state index is -4.65. The molecule has 6 nitrogen and oxygen atoms in total. The summed E-state index contributed by atoms with van der Waals surface area (Å²) in [5, 5.41) is 13.6. The second kappa shape index (κ2) is 8.16. The van der Waals surface area contributed by atoms with Crippen molar-refractivity contribution in [3.8, 4) is 0 Å². The summed E-state index contributed by atoms with van der Waals surface area (Å²) < 4.78 is 47.2. The van der Waals surface area contributed by atoms with Gasteiger partial charge in [0, 0.05) is 20.1 Å². The number of halogens is 3. The molecule has 1 N–H and O–H groups in total. The van der Waals surface area contributed by atoms with Crippen molar-refractivity contribution in [2.24, 2.45) is 5.92 Å². The summed E-state index contributed by atoms with van der Waals surface area (Å²) in [4.78, 5) is 0. The fraction of sp³-hybridized carbons (Fsp3) is 0.333. The maximum atomic E-state index is 13.5. The zero-order chi connectivity index (χ0) is 21.2. The van der Waals surface area contributed by atoms with Crippen molar-refractivity contribution in [1.29, 1.82) is 0 Å². The monoisotopic (exact) mass is 416 g/mol. The van der Waals surface area contributed by atoms with Crippen LogP contribution in [-0.2, 0) is 16.6 Å². The van der Waals surface area contributed by atoms with Crippen LogP contribution in [0.25, 0.3) is 0 Å². The largest absolute Gasteiger partial charge is 0.453 e. The van der Waals surface area contributed by atoms with Crippen LogP contribution in [0.4, 0.5) is 13.2 Å². The van der Waals surface area contributed by atoms with Crippen LogP contribution in [0.1, 0.15) is 29.4 Å². The number of tetrazole rings is 1. The van der Waals surface area contributed by atoms with Crippen LogP contribution in [0.3, 0.4) is 0 Å². The van der Waals surface area contributed by atoms with E-state index in [9.17, 15) is 13.2 Å². The van der Waals surface area contributed by atoms with E-state index in [1.165, 1.54) is 0 Å². The van der Waals surface area contributed by atoms with Crippen molar-refractivity contribution in [2.75, 3.05) is 13.7 Å². The maximum Gasteiger partial charge on any atom is 0.453 e. The first-order chi connectivity index (χ1) is 14.4. The van der Waals surface area contributed by atoms with Gasteiger partial charge >= 0.3 is 6.18 Å². The van der Waals surface area contributed by atoms with Gasteiger partial charge in [-0.25, -0.2) is 4.68 Å². The number of ether oxygens (including phenoxy) is 1. The van der Waals surface area contributed by atoms with E-state index in [-0.39, 0.29) is 5.92 Å². The molecule has 1 aliphatic rings. The first-order valence-corrected chi connectivity index (χ1v) is 9.55. The Hall–Kier alpha value is -2.78. The molecule has 2 unspecified atom stereocenters. The predicted molar refractivity (Wildman–Crippen MR) is 103 cm³/mol. The van der Waals surface area contributed by atoms with Crippen LogP contribution in [0.15, 0.2) is 60.7 Å². The van der Waals surface area contributed by atoms with E-state index in [1.807, 2.05) is 42.8 Å². The maximum absolute atomic E-state index is 13.5. The number of methoxy groups -OCH3 is 1. The summed E-state index contributed by atoms with van der Waals surface area (Å²) in [7, 11) is 1.61. The number of hydrogen-bond acceptors (Lipinski definition) is 5. The zero-order valence-electron chi connectivity index (χ0n) is 16.3. The van der Waals surface area contributed by atoms with Crippen molar-refractivity contribution in [1.82, 2.24) is 25.5 Å². The van der Waals surface area contributed by atoms with E-state index in [1.54, 1.807) is 31.4 Å². The lowest BCUT2D eigenvalue weighted by molar-refractivity contribution is -0.149. The first-order valence-electron chi connectivity index (χ1n) is 9.55. The van der Waals surface area contributed by atoms with E-state index < -0.39 is 23.8 Å². The standard InChI is InChI=1S/C21H21F3N5O/c1-30-20(17-10-6-3-7-11-17)13-12-16(14-25-20)18(15-8-4-2-5-9-15)29-19(21(22,23)24)26-27-28-29/h2-11,13,16,18,25H,12,14H2,1H3/t16?,18?,20-/m0/s1. The molecular weight excluding hydrogens is 395 g/mol. The van der Waals surface area contributed by atoms with Crippen LogP contribution in [0.2, 0.25) is 0 Å². The van der Waals surface area contributed by atoms with Gasteiger partial charge in [0.2, 0.25) is 0 Å².